The van der Waals surface area contributed by atoms with Gasteiger partial charge in [-0.15, -0.1) is 0 Å². The highest BCUT2D eigenvalue weighted by Crippen LogP contribution is 2.58. The maximum Gasteiger partial charge on any atom is 0.187 e. The molecule has 4 heteroatoms. The molecule has 0 fully saturated rings. The molecule has 0 saturated carbocycles. The van der Waals surface area contributed by atoms with Crippen molar-refractivity contribution < 1.29 is 0 Å². The molecule has 2 aliphatic rings. The first-order valence-corrected chi connectivity index (χ1v) is 10.9. The monoisotopic (exact) mass is 416 g/mol. The summed E-state index contributed by atoms with van der Waals surface area (Å²) in [6.07, 6.45) is 0. The number of hydrogen-bond acceptors (Lipinski definition) is 4. The number of hydrazine groups is 1. The molecule has 1 unspecified atom stereocenters. The van der Waals surface area contributed by atoms with Crippen LogP contribution in [0.15, 0.2) is 114 Å². The molecule has 0 bridgehead atoms. The first kappa shape index (κ1) is 18.8. The van der Waals surface area contributed by atoms with Crippen molar-refractivity contribution in [2.45, 2.75) is 5.66 Å². The summed E-state index contributed by atoms with van der Waals surface area (Å²) in [6.45, 7) is 0. The van der Waals surface area contributed by atoms with E-state index in [9.17, 15) is 0 Å². The minimum absolute atomic E-state index is 0.605. The zero-order valence-corrected chi connectivity index (χ0v) is 18.2. The van der Waals surface area contributed by atoms with E-state index in [0.717, 1.165) is 34.0 Å². The first-order chi connectivity index (χ1) is 15.8. The fourth-order valence-electron chi connectivity index (χ4n) is 5.38. The van der Waals surface area contributed by atoms with Crippen LogP contribution in [0, 0.1) is 0 Å². The number of fused-ring (bicyclic) bond motifs is 3. The maximum atomic E-state index is 4.92. The highest BCUT2D eigenvalue weighted by Gasteiger charge is 2.60. The van der Waals surface area contributed by atoms with Gasteiger partial charge in [-0.1, -0.05) is 72.8 Å². The number of likely N-dealkylation sites (N-methyl/N-ethyl adjacent to an activating group) is 1. The second kappa shape index (κ2) is 7.08. The molecule has 6 rings (SSSR count). The van der Waals surface area contributed by atoms with E-state index in [-0.39, 0.29) is 0 Å². The Balaban J connectivity index is 1.70. The summed E-state index contributed by atoms with van der Waals surface area (Å²) < 4.78 is 0. The molecular formula is C28H24N4. The van der Waals surface area contributed by atoms with Gasteiger partial charge in [-0.3, -0.25) is 10.0 Å². The number of hydrogen-bond donors (Lipinski definition) is 0. The summed E-state index contributed by atoms with van der Waals surface area (Å²) in [5.41, 5.74) is 7.40. The van der Waals surface area contributed by atoms with Crippen LogP contribution < -0.4 is 9.91 Å². The van der Waals surface area contributed by atoms with Crippen LogP contribution in [0.5, 0.6) is 0 Å². The van der Waals surface area contributed by atoms with Crippen LogP contribution >= 0.6 is 0 Å². The van der Waals surface area contributed by atoms with Crippen molar-refractivity contribution in [1.29, 1.82) is 0 Å². The van der Waals surface area contributed by atoms with Crippen molar-refractivity contribution in [3.8, 4) is 0 Å². The van der Waals surface area contributed by atoms with Crippen LogP contribution in [0.2, 0.25) is 0 Å². The van der Waals surface area contributed by atoms with Gasteiger partial charge in [-0.2, -0.15) is 5.01 Å². The zero-order chi connectivity index (χ0) is 21.7. The van der Waals surface area contributed by atoms with Gasteiger partial charge in [0.05, 0.1) is 22.8 Å². The summed E-state index contributed by atoms with van der Waals surface area (Å²) in [5.74, 6) is 0. The predicted octanol–water partition coefficient (Wildman–Crippen LogP) is 6.11. The van der Waals surface area contributed by atoms with E-state index in [1.165, 1.54) is 5.56 Å². The Morgan fingerprint density at radius 2 is 1.19 bits per heavy atom. The van der Waals surface area contributed by atoms with E-state index >= 15 is 0 Å². The molecule has 4 aromatic rings. The molecule has 4 aromatic carbocycles. The summed E-state index contributed by atoms with van der Waals surface area (Å²) in [7, 11) is 4.07. The molecule has 0 aliphatic carbocycles. The van der Waals surface area contributed by atoms with E-state index in [1.807, 2.05) is 7.05 Å². The van der Waals surface area contributed by atoms with Gasteiger partial charge in [0.1, 0.15) is 0 Å². The number of benzene rings is 4. The number of anilines is 4. The zero-order valence-electron chi connectivity index (χ0n) is 18.2. The van der Waals surface area contributed by atoms with Crippen LogP contribution in [0.4, 0.5) is 22.7 Å². The SMILES string of the molecule is CN=C1c2ccccc2N(c2ccccc2)C12c1ccccc1N(c1ccccc1)N2C. The Morgan fingerprint density at radius 3 is 1.88 bits per heavy atom. The standard InChI is InChI=1S/C28H24N4/c1-29-27-23-17-9-11-19-25(23)31(21-13-5-3-6-14-21)28(27)24-18-10-12-20-26(24)32(30(28)2)22-15-7-4-8-16-22/h3-20H,1-2H3. The fraction of sp³-hybridized carbons (Fsp3) is 0.107. The highest BCUT2D eigenvalue weighted by molar-refractivity contribution is 6.20. The number of aliphatic imine (C=N–C) groups is 1. The fourth-order valence-corrected chi connectivity index (χ4v) is 5.38. The van der Waals surface area contributed by atoms with Crippen LogP contribution in [-0.4, -0.2) is 24.8 Å². The molecule has 1 atom stereocenters. The molecule has 156 valence electrons. The second-order valence-corrected chi connectivity index (χ2v) is 8.12. The van der Waals surface area contributed by atoms with E-state index in [2.05, 4.69) is 131 Å². The van der Waals surface area contributed by atoms with Crippen LogP contribution in [0.25, 0.3) is 0 Å². The maximum absolute atomic E-state index is 4.92. The number of nitrogens with zero attached hydrogens (tertiary/aromatic N) is 4. The van der Waals surface area contributed by atoms with E-state index in [0.29, 0.717) is 0 Å². The predicted molar refractivity (Wildman–Crippen MR) is 132 cm³/mol. The van der Waals surface area contributed by atoms with Crippen molar-refractivity contribution >= 4 is 28.5 Å². The van der Waals surface area contributed by atoms with Gasteiger partial charge in [0.25, 0.3) is 0 Å². The molecule has 0 saturated heterocycles. The lowest BCUT2D eigenvalue weighted by Crippen LogP contribution is -2.57. The molecule has 0 radical (unpaired) electrons. The lowest BCUT2D eigenvalue weighted by Gasteiger charge is -2.44. The van der Waals surface area contributed by atoms with Gasteiger partial charge in [0, 0.05) is 30.9 Å². The minimum Gasteiger partial charge on any atom is -0.311 e. The Kier molecular flexibility index (Phi) is 4.17. The van der Waals surface area contributed by atoms with Crippen LogP contribution in [0.3, 0.4) is 0 Å². The lowest BCUT2D eigenvalue weighted by molar-refractivity contribution is 0.225. The third-order valence-electron chi connectivity index (χ3n) is 6.57. The average Bonchev–Trinajstić information content (AvgIpc) is 3.30. The molecule has 4 nitrogen and oxygen atoms in total. The second-order valence-electron chi connectivity index (χ2n) is 8.12. The van der Waals surface area contributed by atoms with Crippen molar-refractivity contribution in [3.63, 3.8) is 0 Å². The van der Waals surface area contributed by atoms with Gasteiger partial charge in [0.2, 0.25) is 0 Å². The summed E-state index contributed by atoms with van der Waals surface area (Å²) >= 11 is 0. The Hall–Kier alpha value is -3.89. The largest absolute Gasteiger partial charge is 0.311 e. The smallest absolute Gasteiger partial charge is 0.187 e. The van der Waals surface area contributed by atoms with Crippen LogP contribution in [-0.2, 0) is 5.66 Å². The Morgan fingerprint density at radius 1 is 0.625 bits per heavy atom. The van der Waals surface area contributed by atoms with Gasteiger partial charge in [-0.25, -0.2) is 0 Å². The highest BCUT2D eigenvalue weighted by atomic mass is 15.7. The Bertz CT molecular complexity index is 1320. The molecule has 2 heterocycles. The molecule has 0 aromatic heterocycles. The first-order valence-electron chi connectivity index (χ1n) is 10.9. The normalized spacial score (nSPS) is 20.8. The summed E-state index contributed by atoms with van der Waals surface area (Å²) in [6, 6.07) is 38.4. The minimum atomic E-state index is -0.605. The van der Waals surface area contributed by atoms with Crippen LogP contribution in [0.1, 0.15) is 11.1 Å². The lowest BCUT2D eigenvalue weighted by atomic mass is 9.92. The molecule has 2 aliphatic heterocycles. The Labute approximate surface area is 188 Å². The molecule has 32 heavy (non-hydrogen) atoms. The summed E-state index contributed by atoms with van der Waals surface area (Å²) in [5, 5.41) is 4.64. The van der Waals surface area contributed by atoms with Crippen molar-refractivity contribution in [2.75, 3.05) is 24.0 Å². The van der Waals surface area contributed by atoms with Gasteiger partial charge in [0.15, 0.2) is 5.66 Å². The van der Waals surface area contributed by atoms with Crippen molar-refractivity contribution in [2.24, 2.45) is 4.99 Å². The van der Waals surface area contributed by atoms with Gasteiger partial charge in [-0.05, 0) is 36.4 Å². The third kappa shape index (κ3) is 2.33. The van der Waals surface area contributed by atoms with Gasteiger partial charge >= 0.3 is 0 Å². The number of rotatable bonds is 2. The average molecular weight is 417 g/mol. The quantitative estimate of drug-likeness (QED) is 0.394. The van der Waals surface area contributed by atoms with Crippen molar-refractivity contribution in [1.82, 2.24) is 5.01 Å². The summed E-state index contributed by atoms with van der Waals surface area (Å²) in [4.78, 5) is 7.36. The van der Waals surface area contributed by atoms with E-state index < -0.39 is 5.66 Å². The molecular weight excluding hydrogens is 392 g/mol. The van der Waals surface area contributed by atoms with E-state index in [1.54, 1.807) is 0 Å². The van der Waals surface area contributed by atoms with Gasteiger partial charge < -0.3 is 4.90 Å². The molecule has 1 spiro atoms. The van der Waals surface area contributed by atoms with E-state index in [4.69, 9.17) is 4.99 Å². The third-order valence-corrected chi connectivity index (χ3v) is 6.57. The number of para-hydroxylation sites is 4. The molecule has 0 amide bonds. The van der Waals surface area contributed by atoms with Crippen molar-refractivity contribution in [3.05, 3.63) is 120 Å². The topological polar surface area (TPSA) is 22.1 Å². The molecule has 0 N–H and O–H groups in total.